The number of carbonyl (C=O) groups excluding carboxylic acids is 1. The molecule has 0 saturated carbocycles. The minimum Gasteiger partial charge on any atom is -0.455 e. The number of halogens is 2. The molecule has 0 atom stereocenters. The standard InChI is InChI=1S/C20H20Cl2N4O2/c1-13(2)26-12-24-25-19(26)9-10-23-20(27)15-5-3-4-6-17(15)28-18-8-7-14(21)11-16(18)22/h3-8,11-13H,9-10H2,1-2H3,(H,23,27). The largest absolute Gasteiger partial charge is 0.455 e. The van der Waals surface area contributed by atoms with Crippen LogP contribution in [0.1, 0.15) is 36.1 Å². The minimum absolute atomic E-state index is 0.240. The molecule has 0 fully saturated rings. The average molecular weight is 419 g/mol. The molecule has 1 aromatic heterocycles. The molecular formula is C20H20Cl2N4O2. The maximum Gasteiger partial charge on any atom is 0.255 e. The highest BCUT2D eigenvalue weighted by Crippen LogP contribution is 2.33. The number of ether oxygens (including phenoxy) is 1. The number of amides is 1. The van der Waals surface area contributed by atoms with Crippen LogP contribution >= 0.6 is 23.2 Å². The molecule has 0 unspecified atom stereocenters. The smallest absolute Gasteiger partial charge is 0.255 e. The van der Waals surface area contributed by atoms with Gasteiger partial charge in [-0.25, -0.2) is 0 Å². The van der Waals surface area contributed by atoms with Crippen LogP contribution in [0, 0.1) is 0 Å². The van der Waals surface area contributed by atoms with E-state index in [0.29, 0.717) is 40.1 Å². The van der Waals surface area contributed by atoms with E-state index in [4.69, 9.17) is 27.9 Å². The molecule has 0 spiro atoms. The van der Waals surface area contributed by atoms with E-state index in [2.05, 4.69) is 29.4 Å². The number of hydrogen-bond donors (Lipinski definition) is 1. The van der Waals surface area contributed by atoms with Gasteiger partial charge in [-0.2, -0.15) is 0 Å². The second-order valence-electron chi connectivity index (χ2n) is 6.43. The lowest BCUT2D eigenvalue weighted by Crippen LogP contribution is -2.27. The molecule has 1 amide bonds. The summed E-state index contributed by atoms with van der Waals surface area (Å²) in [6.07, 6.45) is 2.27. The molecular weight excluding hydrogens is 399 g/mol. The summed E-state index contributed by atoms with van der Waals surface area (Å²) in [6.45, 7) is 4.54. The molecule has 8 heteroatoms. The summed E-state index contributed by atoms with van der Waals surface area (Å²) in [5.41, 5.74) is 0.416. The third kappa shape index (κ3) is 4.82. The number of carbonyl (C=O) groups is 1. The van der Waals surface area contributed by atoms with Crippen molar-refractivity contribution in [3.05, 3.63) is 70.2 Å². The quantitative estimate of drug-likeness (QED) is 0.590. The van der Waals surface area contributed by atoms with Gasteiger partial charge in [0.05, 0.1) is 10.6 Å². The van der Waals surface area contributed by atoms with E-state index in [1.165, 1.54) is 0 Å². The van der Waals surface area contributed by atoms with Crippen molar-refractivity contribution in [3.8, 4) is 11.5 Å². The van der Waals surface area contributed by atoms with Gasteiger partial charge >= 0.3 is 0 Å². The van der Waals surface area contributed by atoms with Gasteiger partial charge in [-0.05, 0) is 44.2 Å². The fourth-order valence-electron chi connectivity index (χ4n) is 2.68. The molecule has 0 aliphatic carbocycles. The SMILES string of the molecule is CC(C)n1cnnc1CCNC(=O)c1ccccc1Oc1ccc(Cl)cc1Cl. The van der Waals surface area contributed by atoms with Gasteiger partial charge in [-0.15, -0.1) is 10.2 Å². The van der Waals surface area contributed by atoms with E-state index < -0.39 is 0 Å². The summed E-state index contributed by atoms with van der Waals surface area (Å²) in [6, 6.07) is 12.2. The molecule has 2 aromatic carbocycles. The number of nitrogens with one attached hydrogen (secondary N) is 1. The first kappa shape index (κ1) is 20.2. The molecule has 1 heterocycles. The van der Waals surface area contributed by atoms with Crippen molar-refractivity contribution in [2.45, 2.75) is 26.3 Å². The molecule has 0 aliphatic heterocycles. The topological polar surface area (TPSA) is 69.0 Å². The minimum atomic E-state index is -0.240. The Morgan fingerprint density at radius 3 is 2.71 bits per heavy atom. The van der Waals surface area contributed by atoms with E-state index in [1.54, 1.807) is 48.8 Å². The van der Waals surface area contributed by atoms with Crippen LogP contribution in [0.3, 0.4) is 0 Å². The average Bonchev–Trinajstić information content (AvgIpc) is 3.13. The molecule has 0 bridgehead atoms. The number of benzene rings is 2. The number of nitrogens with zero attached hydrogens (tertiary/aromatic N) is 3. The maximum absolute atomic E-state index is 12.7. The molecule has 0 aliphatic rings. The number of para-hydroxylation sites is 1. The zero-order valence-corrected chi connectivity index (χ0v) is 17.0. The highest BCUT2D eigenvalue weighted by Gasteiger charge is 2.15. The van der Waals surface area contributed by atoms with Crippen LogP contribution in [-0.2, 0) is 6.42 Å². The Balaban J connectivity index is 1.68. The summed E-state index contributed by atoms with van der Waals surface area (Å²) in [7, 11) is 0. The van der Waals surface area contributed by atoms with E-state index in [0.717, 1.165) is 5.82 Å². The van der Waals surface area contributed by atoms with Gasteiger partial charge in [-0.1, -0.05) is 35.3 Å². The molecule has 6 nitrogen and oxygen atoms in total. The van der Waals surface area contributed by atoms with Crippen molar-refractivity contribution in [1.29, 1.82) is 0 Å². The van der Waals surface area contributed by atoms with Gasteiger partial charge in [0.1, 0.15) is 23.7 Å². The summed E-state index contributed by atoms with van der Waals surface area (Å²) < 4.78 is 7.82. The molecule has 28 heavy (non-hydrogen) atoms. The van der Waals surface area contributed by atoms with E-state index >= 15 is 0 Å². The van der Waals surface area contributed by atoms with Gasteiger partial charge in [0.15, 0.2) is 0 Å². The van der Waals surface area contributed by atoms with Crippen LogP contribution in [0.15, 0.2) is 48.8 Å². The molecule has 3 aromatic rings. The predicted octanol–water partition coefficient (Wildman–Crippen LogP) is 4.93. The van der Waals surface area contributed by atoms with Crippen LogP contribution in [0.5, 0.6) is 11.5 Å². The Hall–Kier alpha value is -2.57. The van der Waals surface area contributed by atoms with E-state index in [9.17, 15) is 4.79 Å². The number of hydrogen-bond acceptors (Lipinski definition) is 4. The Labute approximate surface area is 173 Å². The van der Waals surface area contributed by atoms with Crippen molar-refractivity contribution < 1.29 is 9.53 Å². The fraction of sp³-hybridized carbons (Fsp3) is 0.250. The van der Waals surface area contributed by atoms with Crippen molar-refractivity contribution in [2.75, 3.05) is 6.54 Å². The summed E-state index contributed by atoms with van der Waals surface area (Å²) in [5.74, 6) is 1.43. The normalized spacial score (nSPS) is 10.9. The molecule has 0 saturated heterocycles. The first-order valence-corrected chi connectivity index (χ1v) is 9.60. The predicted molar refractivity (Wildman–Crippen MR) is 109 cm³/mol. The van der Waals surface area contributed by atoms with Crippen molar-refractivity contribution in [3.63, 3.8) is 0 Å². The van der Waals surface area contributed by atoms with Crippen molar-refractivity contribution in [1.82, 2.24) is 20.1 Å². The summed E-state index contributed by atoms with van der Waals surface area (Å²) in [4.78, 5) is 12.7. The third-order valence-corrected chi connectivity index (χ3v) is 4.61. The van der Waals surface area contributed by atoms with Crippen molar-refractivity contribution >= 4 is 29.1 Å². The van der Waals surface area contributed by atoms with E-state index in [1.807, 2.05) is 4.57 Å². The zero-order valence-electron chi connectivity index (χ0n) is 15.5. The highest BCUT2D eigenvalue weighted by atomic mass is 35.5. The summed E-state index contributed by atoms with van der Waals surface area (Å²) in [5, 5.41) is 11.8. The van der Waals surface area contributed by atoms with Gasteiger partial charge < -0.3 is 14.6 Å². The number of aromatic nitrogens is 3. The van der Waals surface area contributed by atoms with Gasteiger partial charge in [0.25, 0.3) is 5.91 Å². The second kappa shape index (κ2) is 9.08. The van der Waals surface area contributed by atoms with Crippen molar-refractivity contribution in [2.24, 2.45) is 0 Å². The lowest BCUT2D eigenvalue weighted by Gasteiger charge is -2.13. The monoisotopic (exact) mass is 418 g/mol. The lowest BCUT2D eigenvalue weighted by molar-refractivity contribution is 0.0951. The Bertz CT molecular complexity index is 972. The Morgan fingerprint density at radius 1 is 1.18 bits per heavy atom. The van der Waals surface area contributed by atoms with Crippen LogP contribution in [0.25, 0.3) is 0 Å². The van der Waals surface area contributed by atoms with Crippen LogP contribution in [-0.4, -0.2) is 27.2 Å². The first-order valence-electron chi connectivity index (χ1n) is 8.84. The Morgan fingerprint density at radius 2 is 1.96 bits per heavy atom. The van der Waals surface area contributed by atoms with Crippen LogP contribution < -0.4 is 10.1 Å². The van der Waals surface area contributed by atoms with Crippen LogP contribution in [0.4, 0.5) is 0 Å². The highest BCUT2D eigenvalue weighted by molar-refractivity contribution is 6.35. The number of rotatable bonds is 7. The lowest BCUT2D eigenvalue weighted by atomic mass is 10.2. The Kier molecular flexibility index (Phi) is 6.54. The molecule has 3 rings (SSSR count). The molecule has 0 radical (unpaired) electrons. The van der Waals surface area contributed by atoms with Crippen LogP contribution in [0.2, 0.25) is 10.0 Å². The second-order valence-corrected chi connectivity index (χ2v) is 7.27. The molecule has 146 valence electrons. The fourth-order valence-corrected chi connectivity index (χ4v) is 3.13. The van der Waals surface area contributed by atoms with Gasteiger partial charge in [0, 0.05) is 24.0 Å². The third-order valence-electron chi connectivity index (χ3n) is 4.08. The van der Waals surface area contributed by atoms with Gasteiger partial charge in [0.2, 0.25) is 0 Å². The first-order chi connectivity index (χ1) is 13.5. The summed E-state index contributed by atoms with van der Waals surface area (Å²) >= 11 is 12.1. The zero-order chi connectivity index (χ0) is 20.1. The van der Waals surface area contributed by atoms with Gasteiger partial charge in [-0.3, -0.25) is 4.79 Å². The molecule has 1 N–H and O–H groups in total. The maximum atomic E-state index is 12.7. The van der Waals surface area contributed by atoms with E-state index in [-0.39, 0.29) is 11.9 Å².